The molecule has 0 saturated carbocycles. The Morgan fingerprint density at radius 1 is 1.11 bits per heavy atom. The molecule has 3 N–H and O–H groups in total. The minimum Gasteiger partial charge on any atom is -0.506 e. The number of anilines is 2. The fraction of sp³-hybridized carbons (Fsp3) is 0.190. The number of carbonyl (C=O) groups excluding carboxylic acids is 2. The zero-order valence-electron chi connectivity index (χ0n) is 15.7. The maximum absolute atomic E-state index is 12.3. The smallest absolute Gasteiger partial charge is 0.231 e. The van der Waals surface area contributed by atoms with Crippen LogP contribution >= 0.6 is 11.3 Å². The Bertz CT molecular complexity index is 996. The number of aryl methyl sites for hydroxylation is 1. The van der Waals surface area contributed by atoms with E-state index in [1.165, 1.54) is 29.9 Å². The van der Waals surface area contributed by atoms with Crippen LogP contribution in [0.4, 0.5) is 11.4 Å². The van der Waals surface area contributed by atoms with E-state index in [0.29, 0.717) is 16.4 Å². The summed E-state index contributed by atoms with van der Waals surface area (Å²) < 4.78 is 0. The van der Waals surface area contributed by atoms with Gasteiger partial charge in [0.1, 0.15) is 10.8 Å². The summed E-state index contributed by atoms with van der Waals surface area (Å²) in [7, 11) is 0. The summed E-state index contributed by atoms with van der Waals surface area (Å²) in [6.45, 7) is 3.46. The maximum Gasteiger partial charge on any atom is 0.231 e. The summed E-state index contributed by atoms with van der Waals surface area (Å²) in [6, 6.07) is 12.7. The number of nitrogens with one attached hydrogen (secondary N) is 2. The largest absolute Gasteiger partial charge is 0.506 e. The Balaban J connectivity index is 1.68. The Morgan fingerprint density at radius 2 is 1.86 bits per heavy atom. The van der Waals surface area contributed by atoms with Crippen LogP contribution in [0.1, 0.15) is 24.4 Å². The molecule has 2 amide bonds. The van der Waals surface area contributed by atoms with Gasteiger partial charge in [0.05, 0.1) is 17.8 Å². The number of aromatic hydroxyl groups is 1. The average molecular weight is 395 g/mol. The van der Waals surface area contributed by atoms with Crippen LogP contribution < -0.4 is 10.6 Å². The molecule has 0 radical (unpaired) electrons. The van der Waals surface area contributed by atoms with E-state index in [1.54, 1.807) is 12.1 Å². The van der Waals surface area contributed by atoms with Gasteiger partial charge >= 0.3 is 0 Å². The second-order valence-electron chi connectivity index (χ2n) is 6.32. The minimum absolute atomic E-state index is 0.0112. The molecule has 7 heteroatoms. The van der Waals surface area contributed by atoms with Gasteiger partial charge in [-0.2, -0.15) is 0 Å². The van der Waals surface area contributed by atoms with Crippen molar-refractivity contribution in [1.29, 1.82) is 0 Å². The highest BCUT2D eigenvalue weighted by atomic mass is 32.1. The number of amides is 2. The zero-order chi connectivity index (χ0) is 20.1. The second kappa shape index (κ2) is 8.67. The second-order valence-corrected chi connectivity index (χ2v) is 7.26. The SMILES string of the molecule is CCc1ccc(NC(=O)Cc2nc(-c3ccc(O)c(NC(C)=O)c3)cs2)cc1. The van der Waals surface area contributed by atoms with Crippen LogP contribution in [0.2, 0.25) is 0 Å². The third kappa shape index (κ3) is 4.95. The molecule has 0 aliphatic rings. The lowest BCUT2D eigenvalue weighted by atomic mass is 10.1. The molecular formula is C21H21N3O3S. The van der Waals surface area contributed by atoms with Crippen molar-refractivity contribution in [3.05, 3.63) is 58.4 Å². The van der Waals surface area contributed by atoms with Gasteiger partial charge in [-0.15, -0.1) is 11.3 Å². The van der Waals surface area contributed by atoms with Crippen molar-refractivity contribution in [3.63, 3.8) is 0 Å². The van der Waals surface area contributed by atoms with Crippen molar-refractivity contribution in [3.8, 4) is 17.0 Å². The van der Waals surface area contributed by atoms with Gasteiger partial charge in [0.25, 0.3) is 0 Å². The number of nitrogens with zero attached hydrogens (tertiary/aromatic N) is 1. The molecular weight excluding hydrogens is 374 g/mol. The normalized spacial score (nSPS) is 10.5. The molecule has 3 aromatic rings. The van der Waals surface area contributed by atoms with Crippen LogP contribution in [-0.2, 0) is 22.4 Å². The summed E-state index contributed by atoms with van der Waals surface area (Å²) in [6.07, 6.45) is 1.13. The van der Waals surface area contributed by atoms with E-state index in [2.05, 4.69) is 22.5 Å². The van der Waals surface area contributed by atoms with Gasteiger partial charge in [-0.1, -0.05) is 19.1 Å². The zero-order valence-corrected chi connectivity index (χ0v) is 16.5. The molecule has 0 aliphatic carbocycles. The maximum atomic E-state index is 12.3. The predicted octanol–water partition coefficient (Wildman–Crippen LogP) is 4.22. The molecule has 2 aromatic carbocycles. The van der Waals surface area contributed by atoms with E-state index >= 15 is 0 Å². The summed E-state index contributed by atoms with van der Waals surface area (Å²) in [5, 5.41) is 17.8. The molecule has 1 aromatic heterocycles. The third-order valence-electron chi connectivity index (χ3n) is 4.11. The van der Waals surface area contributed by atoms with Crippen LogP contribution in [0.25, 0.3) is 11.3 Å². The van der Waals surface area contributed by atoms with Crippen LogP contribution in [-0.4, -0.2) is 21.9 Å². The summed E-state index contributed by atoms with van der Waals surface area (Å²) in [4.78, 5) is 28.0. The van der Waals surface area contributed by atoms with E-state index < -0.39 is 0 Å². The van der Waals surface area contributed by atoms with E-state index in [4.69, 9.17) is 0 Å². The van der Waals surface area contributed by atoms with Gasteiger partial charge < -0.3 is 15.7 Å². The van der Waals surface area contributed by atoms with Gasteiger partial charge in [0.15, 0.2) is 0 Å². The number of aromatic nitrogens is 1. The molecule has 144 valence electrons. The van der Waals surface area contributed by atoms with Gasteiger partial charge in [-0.05, 0) is 42.3 Å². The molecule has 0 unspecified atom stereocenters. The number of thiazole rings is 1. The first-order chi connectivity index (χ1) is 13.4. The Kier molecular flexibility index (Phi) is 6.06. The summed E-state index contributed by atoms with van der Waals surface area (Å²) in [5.41, 5.74) is 3.74. The third-order valence-corrected chi connectivity index (χ3v) is 4.96. The molecule has 0 spiro atoms. The topological polar surface area (TPSA) is 91.3 Å². The first kappa shape index (κ1) is 19.6. The van der Waals surface area contributed by atoms with Crippen LogP contribution in [0.5, 0.6) is 5.75 Å². The van der Waals surface area contributed by atoms with Crippen molar-refractivity contribution in [2.45, 2.75) is 26.7 Å². The van der Waals surface area contributed by atoms with Crippen LogP contribution in [0, 0.1) is 0 Å². The number of phenols is 1. The lowest BCUT2D eigenvalue weighted by molar-refractivity contribution is -0.116. The summed E-state index contributed by atoms with van der Waals surface area (Å²) >= 11 is 1.39. The molecule has 0 aliphatic heterocycles. The first-order valence-electron chi connectivity index (χ1n) is 8.88. The quantitative estimate of drug-likeness (QED) is 0.545. The van der Waals surface area contributed by atoms with Gasteiger partial charge in [0.2, 0.25) is 11.8 Å². The van der Waals surface area contributed by atoms with Crippen LogP contribution in [0.3, 0.4) is 0 Å². The Hall–Kier alpha value is -3.19. The van der Waals surface area contributed by atoms with Gasteiger partial charge in [0, 0.05) is 23.6 Å². The number of benzene rings is 2. The fourth-order valence-electron chi connectivity index (χ4n) is 2.68. The Labute approximate surface area is 167 Å². The van der Waals surface area contributed by atoms with Gasteiger partial charge in [-0.25, -0.2) is 4.98 Å². The van der Waals surface area contributed by atoms with E-state index in [0.717, 1.165) is 17.7 Å². The number of rotatable bonds is 6. The molecule has 1 heterocycles. The molecule has 0 atom stereocenters. The average Bonchev–Trinajstić information content (AvgIpc) is 3.12. The standard InChI is InChI=1S/C21H21N3O3S/c1-3-14-4-7-16(8-5-14)23-20(27)11-21-24-18(12-28-21)15-6-9-19(26)17(10-15)22-13(2)25/h4-10,12,26H,3,11H2,1-2H3,(H,22,25)(H,23,27). The highest BCUT2D eigenvalue weighted by Crippen LogP contribution is 2.30. The number of hydrogen-bond donors (Lipinski definition) is 3. The highest BCUT2D eigenvalue weighted by Gasteiger charge is 2.12. The number of phenolic OH excluding ortho intramolecular Hbond substituents is 1. The molecule has 0 saturated heterocycles. The molecule has 6 nitrogen and oxygen atoms in total. The lowest BCUT2D eigenvalue weighted by Crippen LogP contribution is -2.14. The first-order valence-corrected chi connectivity index (χ1v) is 9.76. The van der Waals surface area contributed by atoms with Crippen molar-refractivity contribution in [1.82, 2.24) is 4.98 Å². The van der Waals surface area contributed by atoms with Crippen molar-refractivity contribution in [2.24, 2.45) is 0 Å². The minimum atomic E-state index is -0.268. The monoisotopic (exact) mass is 395 g/mol. The fourth-order valence-corrected chi connectivity index (χ4v) is 3.48. The van der Waals surface area contributed by atoms with E-state index in [9.17, 15) is 14.7 Å². The Morgan fingerprint density at radius 3 is 2.54 bits per heavy atom. The number of hydrogen-bond acceptors (Lipinski definition) is 5. The number of carbonyl (C=O) groups is 2. The van der Waals surface area contributed by atoms with Gasteiger partial charge in [-0.3, -0.25) is 9.59 Å². The van der Waals surface area contributed by atoms with Crippen molar-refractivity contribution >= 4 is 34.5 Å². The molecule has 0 fully saturated rings. The predicted molar refractivity (Wildman–Crippen MR) is 112 cm³/mol. The molecule has 0 bridgehead atoms. The molecule has 28 heavy (non-hydrogen) atoms. The van der Waals surface area contributed by atoms with Crippen molar-refractivity contribution in [2.75, 3.05) is 10.6 Å². The lowest BCUT2D eigenvalue weighted by Gasteiger charge is -2.07. The summed E-state index contributed by atoms with van der Waals surface area (Å²) in [5.74, 6) is -0.410. The van der Waals surface area contributed by atoms with Crippen molar-refractivity contribution < 1.29 is 14.7 Å². The van der Waals surface area contributed by atoms with E-state index in [-0.39, 0.29) is 24.0 Å². The van der Waals surface area contributed by atoms with Crippen LogP contribution in [0.15, 0.2) is 47.8 Å². The highest BCUT2D eigenvalue weighted by molar-refractivity contribution is 7.10. The van der Waals surface area contributed by atoms with E-state index in [1.807, 2.05) is 29.6 Å². The molecule has 3 rings (SSSR count).